The molecule has 7 rings (SSSR count). The van der Waals surface area contributed by atoms with E-state index in [-0.39, 0.29) is 5.56 Å². The van der Waals surface area contributed by atoms with Gasteiger partial charge in [-0.2, -0.15) is 5.10 Å². The van der Waals surface area contributed by atoms with Crippen molar-refractivity contribution < 1.29 is 0 Å². The lowest BCUT2D eigenvalue weighted by Crippen LogP contribution is -2.33. The van der Waals surface area contributed by atoms with Crippen molar-refractivity contribution in [3.8, 4) is 28.5 Å². The molecule has 40 heavy (non-hydrogen) atoms. The molecule has 206 valence electrons. The lowest BCUT2D eigenvalue weighted by molar-refractivity contribution is 0.175. The highest BCUT2D eigenvalue weighted by Gasteiger charge is 2.29. The van der Waals surface area contributed by atoms with Crippen LogP contribution in [0.2, 0.25) is 5.15 Å². The van der Waals surface area contributed by atoms with Crippen LogP contribution >= 0.6 is 11.6 Å². The van der Waals surface area contributed by atoms with E-state index in [1.165, 1.54) is 18.4 Å². The number of hydrogen-bond acceptors (Lipinski definition) is 6. The van der Waals surface area contributed by atoms with E-state index < -0.39 is 0 Å². The van der Waals surface area contributed by atoms with Gasteiger partial charge >= 0.3 is 0 Å². The molecule has 5 aromatic rings. The molecule has 0 aromatic carbocycles. The molecule has 1 saturated heterocycles. The molecule has 0 unspecified atom stereocenters. The van der Waals surface area contributed by atoms with Crippen molar-refractivity contribution in [3.63, 3.8) is 0 Å². The maximum absolute atomic E-state index is 14.0. The number of aryl methyl sites for hydroxylation is 2. The number of hydrogen-bond donors (Lipinski definition) is 1. The van der Waals surface area contributed by atoms with Gasteiger partial charge in [-0.25, -0.2) is 4.98 Å². The van der Waals surface area contributed by atoms with Crippen LogP contribution in [-0.2, 0) is 20.6 Å². The Balaban J connectivity index is 1.34. The van der Waals surface area contributed by atoms with Crippen LogP contribution in [0.3, 0.4) is 0 Å². The lowest BCUT2D eigenvalue weighted by atomic mass is 10.0. The van der Waals surface area contributed by atoms with Gasteiger partial charge in [-0.3, -0.25) is 18.9 Å². The number of aromatic nitrogens is 8. The zero-order valence-corrected chi connectivity index (χ0v) is 23.7. The summed E-state index contributed by atoms with van der Waals surface area (Å²) in [4.78, 5) is 24.5. The van der Waals surface area contributed by atoms with Gasteiger partial charge in [0.2, 0.25) is 0 Å². The maximum Gasteiger partial charge on any atom is 0.280 e. The molecule has 0 bridgehead atoms. The molecule has 0 radical (unpaired) electrons. The standard InChI is InChI=1S/C29H32ClN9O/c1-17-5-4-8-38(13-17)14-20-11-21-23(18-6-7-18)15-39(29(40)26(21)33-20)25-10-19(9-24(30)34-25)27-22(12-32-37(27)3)28-35-31-16-36(28)2/h9-12,15-18,33H,4-8,13-14H2,1-3H3/t17-/m0/s1. The lowest BCUT2D eigenvalue weighted by Gasteiger charge is -2.30. The Hall–Kier alpha value is -3.76. The van der Waals surface area contributed by atoms with Crippen molar-refractivity contribution in [2.75, 3.05) is 13.1 Å². The van der Waals surface area contributed by atoms with Gasteiger partial charge in [0.05, 0.1) is 17.5 Å². The van der Waals surface area contributed by atoms with Crippen molar-refractivity contribution in [1.29, 1.82) is 0 Å². The number of piperidine rings is 1. The van der Waals surface area contributed by atoms with Gasteiger partial charge in [0.25, 0.3) is 5.56 Å². The largest absolute Gasteiger partial charge is 0.353 e. The molecule has 1 aliphatic heterocycles. The predicted octanol–water partition coefficient (Wildman–Crippen LogP) is 4.67. The number of likely N-dealkylation sites (tertiary alicyclic amines) is 1. The summed E-state index contributed by atoms with van der Waals surface area (Å²) < 4.78 is 5.27. The van der Waals surface area contributed by atoms with E-state index in [0.717, 1.165) is 60.4 Å². The summed E-state index contributed by atoms with van der Waals surface area (Å²) in [6.07, 6.45) is 10.1. The molecule has 1 aliphatic carbocycles. The number of nitrogens with zero attached hydrogens (tertiary/aromatic N) is 8. The van der Waals surface area contributed by atoms with E-state index in [4.69, 9.17) is 11.6 Å². The number of nitrogens with one attached hydrogen (secondary N) is 1. The molecular formula is C29H32ClN9O. The van der Waals surface area contributed by atoms with Crippen molar-refractivity contribution in [2.24, 2.45) is 20.0 Å². The molecule has 1 saturated carbocycles. The van der Waals surface area contributed by atoms with Crippen LogP contribution in [0, 0.1) is 5.92 Å². The normalized spacial score (nSPS) is 18.1. The first-order chi connectivity index (χ1) is 19.4. The molecule has 10 nitrogen and oxygen atoms in total. The van der Waals surface area contributed by atoms with E-state index in [1.807, 2.05) is 30.9 Å². The highest BCUT2D eigenvalue weighted by atomic mass is 35.5. The van der Waals surface area contributed by atoms with E-state index in [9.17, 15) is 4.79 Å². The fourth-order valence-electron chi connectivity index (χ4n) is 6.15. The summed E-state index contributed by atoms with van der Waals surface area (Å²) in [7, 11) is 3.76. The second-order valence-corrected chi connectivity index (χ2v) is 11.8. The van der Waals surface area contributed by atoms with E-state index in [0.29, 0.717) is 34.1 Å². The van der Waals surface area contributed by atoms with Crippen LogP contribution in [0.1, 0.15) is 49.8 Å². The second-order valence-electron chi connectivity index (χ2n) is 11.4. The molecule has 0 amide bonds. The first kappa shape index (κ1) is 25.2. The molecule has 6 heterocycles. The molecule has 1 N–H and O–H groups in total. The monoisotopic (exact) mass is 557 g/mol. The summed E-state index contributed by atoms with van der Waals surface area (Å²) in [6.45, 7) is 5.33. The topological polar surface area (TPSA) is 102 Å². The Kier molecular flexibility index (Phi) is 6.12. The third-order valence-electron chi connectivity index (χ3n) is 8.23. The molecule has 0 spiro atoms. The smallest absolute Gasteiger partial charge is 0.280 e. The van der Waals surface area contributed by atoms with Gasteiger partial charge in [-0.1, -0.05) is 18.5 Å². The number of fused-ring (bicyclic) bond motifs is 1. The van der Waals surface area contributed by atoms with Gasteiger partial charge in [0.1, 0.15) is 22.8 Å². The van der Waals surface area contributed by atoms with E-state index >= 15 is 0 Å². The van der Waals surface area contributed by atoms with Gasteiger partial charge in [0, 0.05) is 50.0 Å². The minimum absolute atomic E-state index is 0.128. The van der Waals surface area contributed by atoms with Crippen LogP contribution in [0.25, 0.3) is 39.4 Å². The van der Waals surface area contributed by atoms with Crippen LogP contribution < -0.4 is 5.56 Å². The van der Waals surface area contributed by atoms with E-state index in [2.05, 4.69) is 43.2 Å². The summed E-state index contributed by atoms with van der Waals surface area (Å²) in [5.41, 5.74) is 5.20. The van der Waals surface area contributed by atoms with Crippen molar-refractivity contribution in [3.05, 3.63) is 63.7 Å². The summed E-state index contributed by atoms with van der Waals surface area (Å²) in [6, 6.07) is 5.87. The fraction of sp³-hybridized carbons (Fsp3) is 0.414. The Morgan fingerprint density at radius 3 is 2.75 bits per heavy atom. The minimum atomic E-state index is -0.128. The molecule has 1 atom stereocenters. The predicted molar refractivity (Wildman–Crippen MR) is 155 cm³/mol. The molecular weight excluding hydrogens is 526 g/mol. The van der Waals surface area contributed by atoms with Crippen molar-refractivity contribution in [1.82, 2.24) is 44.0 Å². The number of pyridine rings is 2. The maximum atomic E-state index is 14.0. The number of rotatable bonds is 6. The first-order valence-corrected chi connectivity index (χ1v) is 14.3. The van der Waals surface area contributed by atoms with E-state index in [1.54, 1.807) is 27.8 Å². The minimum Gasteiger partial charge on any atom is -0.353 e. The Bertz CT molecular complexity index is 1790. The Labute approximate surface area is 236 Å². The van der Waals surface area contributed by atoms with Crippen LogP contribution in [0.4, 0.5) is 0 Å². The average molecular weight is 558 g/mol. The fourth-order valence-corrected chi connectivity index (χ4v) is 6.36. The van der Waals surface area contributed by atoms with Crippen LogP contribution in [0.5, 0.6) is 0 Å². The number of H-pyrrole nitrogens is 1. The number of halogens is 1. The van der Waals surface area contributed by atoms with Gasteiger partial charge in [0.15, 0.2) is 5.82 Å². The molecule has 2 aliphatic rings. The van der Waals surface area contributed by atoms with Crippen LogP contribution in [-0.4, -0.2) is 57.1 Å². The van der Waals surface area contributed by atoms with Crippen molar-refractivity contribution in [2.45, 2.75) is 45.1 Å². The van der Waals surface area contributed by atoms with Gasteiger partial charge < -0.3 is 9.55 Å². The third kappa shape index (κ3) is 4.45. The molecule has 11 heteroatoms. The quantitative estimate of drug-likeness (QED) is 0.304. The Morgan fingerprint density at radius 1 is 1.15 bits per heavy atom. The zero-order chi connectivity index (χ0) is 27.5. The van der Waals surface area contributed by atoms with Gasteiger partial charge in [-0.05, 0) is 67.8 Å². The average Bonchev–Trinajstić information content (AvgIpc) is 3.34. The van der Waals surface area contributed by atoms with Gasteiger partial charge in [-0.15, -0.1) is 10.2 Å². The summed E-state index contributed by atoms with van der Waals surface area (Å²) >= 11 is 6.58. The van der Waals surface area contributed by atoms with Crippen molar-refractivity contribution >= 4 is 22.5 Å². The molecule has 2 fully saturated rings. The molecule has 5 aromatic heterocycles. The highest BCUT2D eigenvalue weighted by molar-refractivity contribution is 6.29. The SMILES string of the molecule is C[C@H]1CCCN(Cc2cc3c(C4CC4)cn(-c4cc(-c5c(-c6nncn6C)cnn5C)cc(Cl)n4)c(=O)c3[nH]2)C1. The second kappa shape index (κ2) is 9.71. The van der Waals surface area contributed by atoms with Crippen LogP contribution in [0.15, 0.2) is 41.7 Å². The third-order valence-corrected chi connectivity index (χ3v) is 8.42. The zero-order valence-electron chi connectivity index (χ0n) is 22.9. The number of aromatic amines is 1. The highest BCUT2D eigenvalue weighted by Crippen LogP contribution is 2.43. The summed E-state index contributed by atoms with van der Waals surface area (Å²) in [5, 5.41) is 14.1. The Morgan fingerprint density at radius 2 is 2.00 bits per heavy atom. The summed E-state index contributed by atoms with van der Waals surface area (Å²) in [5.74, 6) is 2.32. The first-order valence-electron chi connectivity index (χ1n) is 13.9.